The molecule has 2 rings (SSSR count). The van der Waals surface area contributed by atoms with E-state index < -0.39 is 28.1 Å². The maximum absolute atomic E-state index is 12.4. The number of carbonyl (C=O) groups excluding carboxylic acids is 1. The Hall–Kier alpha value is -2.27. The van der Waals surface area contributed by atoms with Gasteiger partial charge in [-0.3, -0.25) is 4.72 Å². The molecule has 2 aromatic rings. The number of carbonyl (C=O) groups is 1. The Morgan fingerprint density at radius 1 is 1.20 bits per heavy atom. The van der Waals surface area contributed by atoms with Crippen LogP contribution in [0.1, 0.15) is 15.2 Å². The SMILES string of the molecule is COC(=O)c1scc(C)c1NS(=O)(=O)c1ccc(OC(F)(F)F)cc1. The first-order chi connectivity index (χ1) is 11.5. The second kappa shape index (κ2) is 6.92. The number of thiophene rings is 1. The molecular formula is C14H12F3NO5S2. The summed E-state index contributed by atoms with van der Waals surface area (Å²) in [7, 11) is -2.96. The van der Waals surface area contributed by atoms with Crippen molar-refractivity contribution in [1.82, 2.24) is 0 Å². The van der Waals surface area contributed by atoms with Crippen LogP contribution in [0, 0.1) is 6.92 Å². The highest BCUT2D eigenvalue weighted by molar-refractivity contribution is 7.92. The standard InChI is InChI=1S/C14H12F3NO5S2/c1-8-7-24-12(13(19)22-2)11(8)18-25(20,21)10-5-3-9(4-6-10)23-14(15,16)17/h3-7,18H,1-2H3. The van der Waals surface area contributed by atoms with E-state index in [1.807, 2.05) is 0 Å². The van der Waals surface area contributed by atoms with E-state index in [0.717, 1.165) is 42.7 Å². The summed E-state index contributed by atoms with van der Waals surface area (Å²) in [5, 5.41) is 1.57. The summed E-state index contributed by atoms with van der Waals surface area (Å²) in [5.41, 5.74) is 0.568. The Kier molecular flexibility index (Phi) is 5.28. The van der Waals surface area contributed by atoms with Crippen LogP contribution in [0.25, 0.3) is 0 Å². The van der Waals surface area contributed by atoms with Gasteiger partial charge in [-0.25, -0.2) is 13.2 Å². The second-order valence-corrected chi connectivity index (χ2v) is 7.30. The van der Waals surface area contributed by atoms with Gasteiger partial charge in [0.1, 0.15) is 10.6 Å². The van der Waals surface area contributed by atoms with Crippen molar-refractivity contribution in [3.05, 3.63) is 40.1 Å². The fourth-order valence-corrected chi connectivity index (χ4v) is 3.96. The highest BCUT2D eigenvalue weighted by Crippen LogP contribution is 2.31. The zero-order valence-corrected chi connectivity index (χ0v) is 14.5. The Balaban J connectivity index is 2.29. The first kappa shape index (κ1) is 19.1. The predicted molar refractivity (Wildman–Crippen MR) is 84.3 cm³/mol. The van der Waals surface area contributed by atoms with Gasteiger partial charge in [0.25, 0.3) is 10.0 Å². The number of benzene rings is 1. The molecule has 0 aliphatic heterocycles. The van der Waals surface area contributed by atoms with Crippen molar-refractivity contribution >= 4 is 33.0 Å². The van der Waals surface area contributed by atoms with Crippen LogP contribution in [0.3, 0.4) is 0 Å². The van der Waals surface area contributed by atoms with Gasteiger partial charge in [-0.05, 0) is 42.1 Å². The molecule has 0 saturated carbocycles. The second-order valence-electron chi connectivity index (χ2n) is 4.74. The Bertz CT molecular complexity index is 873. The fraction of sp³-hybridized carbons (Fsp3) is 0.214. The summed E-state index contributed by atoms with van der Waals surface area (Å²) in [4.78, 5) is 11.5. The number of hydrogen-bond acceptors (Lipinski definition) is 6. The molecule has 0 unspecified atom stereocenters. The number of methoxy groups -OCH3 is 1. The number of sulfonamides is 1. The number of rotatable bonds is 5. The summed E-state index contributed by atoms with van der Waals surface area (Å²) in [6.07, 6.45) is -4.87. The molecule has 6 nitrogen and oxygen atoms in total. The lowest BCUT2D eigenvalue weighted by atomic mass is 10.3. The third-order valence-electron chi connectivity index (χ3n) is 2.95. The molecule has 11 heteroatoms. The number of hydrogen-bond donors (Lipinski definition) is 1. The normalized spacial score (nSPS) is 11.9. The molecular weight excluding hydrogens is 383 g/mol. The van der Waals surface area contributed by atoms with Gasteiger partial charge in [0.2, 0.25) is 0 Å². The smallest absolute Gasteiger partial charge is 0.465 e. The number of esters is 1. The van der Waals surface area contributed by atoms with Crippen LogP contribution < -0.4 is 9.46 Å². The monoisotopic (exact) mass is 395 g/mol. The van der Waals surface area contributed by atoms with Gasteiger partial charge in [0, 0.05) is 0 Å². The molecule has 0 bridgehead atoms. The van der Waals surface area contributed by atoms with Crippen molar-refractivity contribution in [2.75, 3.05) is 11.8 Å². The zero-order valence-electron chi connectivity index (χ0n) is 12.9. The van der Waals surface area contributed by atoms with E-state index >= 15 is 0 Å². The lowest BCUT2D eigenvalue weighted by Gasteiger charge is -2.11. The minimum absolute atomic E-state index is 0.0625. The molecule has 0 atom stereocenters. The van der Waals surface area contributed by atoms with Crippen molar-refractivity contribution in [2.24, 2.45) is 0 Å². The number of alkyl halides is 3. The number of halogens is 3. The minimum Gasteiger partial charge on any atom is -0.465 e. The molecule has 1 aromatic heterocycles. The van der Waals surface area contributed by atoms with E-state index in [1.165, 1.54) is 0 Å². The number of ether oxygens (including phenoxy) is 2. The van der Waals surface area contributed by atoms with Gasteiger partial charge < -0.3 is 9.47 Å². The molecule has 136 valence electrons. The molecule has 0 radical (unpaired) electrons. The molecule has 0 fully saturated rings. The van der Waals surface area contributed by atoms with E-state index in [4.69, 9.17) is 0 Å². The molecule has 0 saturated heterocycles. The first-order valence-corrected chi connectivity index (χ1v) is 8.95. The van der Waals surface area contributed by atoms with Gasteiger partial charge in [-0.1, -0.05) is 0 Å². The molecule has 0 aliphatic carbocycles. The van der Waals surface area contributed by atoms with Gasteiger partial charge in [0.15, 0.2) is 0 Å². The van der Waals surface area contributed by atoms with E-state index in [2.05, 4.69) is 14.2 Å². The third kappa shape index (κ3) is 4.63. The lowest BCUT2D eigenvalue weighted by Crippen LogP contribution is -2.18. The van der Waals surface area contributed by atoms with Crippen LogP contribution >= 0.6 is 11.3 Å². The molecule has 1 heterocycles. The van der Waals surface area contributed by atoms with Crippen LogP contribution in [-0.2, 0) is 14.8 Å². The lowest BCUT2D eigenvalue weighted by molar-refractivity contribution is -0.274. The largest absolute Gasteiger partial charge is 0.573 e. The average molecular weight is 395 g/mol. The van der Waals surface area contributed by atoms with Gasteiger partial charge in [-0.15, -0.1) is 24.5 Å². The first-order valence-electron chi connectivity index (χ1n) is 6.58. The van der Waals surface area contributed by atoms with E-state index in [9.17, 15) is 26.4 Å². The van der Waals surface area contributed by atoms with Crippen LogP contribution in [0.2, 0.25) is 0 Å². The molecule has 0 amide bonds. The summed E-state index contributed by atoms with van der Waals surface area (Å²) < 4.78 is 71.7. The number of nitrogens with one attached hydrogen (secondary N) is 1. The maximum atomic E-state index is 12.4. The molecule has 1 aromatic carbocycles. The molecule has 1 N–H and O–H groups in total. The van der Waals surface area contributed by atoms with Gasteiger partial charge in [-0.2, -0.15) is 0 Å². The highest BCUT2D eigenvalue weighted by atomic mass is 32.2. The average Bonchev–Trinajstić information content (AvgIpc) is 2.86. The number of aryl methyl sites for hydroxylation is 1. The van der Waals surface area contributed by atoms with Crippen molar-refractivity contribution in [1.29, 1.82) is 0 Å². The summed E-state index contributed by atoms with van der Waals surface area (Å²) >= 11 is 1.01. The summed E-state index contributed by atoms with van der Waals surface area (Å²) in [5.74, 6) is -1.25. The fourth-order valence-electron chi connectivity index (χ4n) is 1.83. The topological polar surface area (TPSA) is 81.7 Å². The minimum atomic E-state index is -4.87. The van der Waals surface area contributed by atoms with E-state index in [-0.39, 0.29) is 15.5 Å². The van der Waals surface area contributed by atoms with Crippen molar-refractivity contribution in [3.8, 4) is 5.75 Å². The molecule has 0 spiro atoms. The predicted octanol–water partition coefficient (Wildman–Crippen LogP) is 3.54. The van der Waals surface area contributed by atoms with E-state index in [0.29, 0.717) is 5.56 Å². The molecule has 0 aliphatic rings. The van der Waals surface area contributed by atoms with Crippen LogP contribution in [0.5, 0.6) is 5.75 Å². The third-order valence-corrected chi connectivity index (χ3v) is 5.39. The summed E-state index contributed by atoms with van der Waals surface area (Å²) in [6.45, 7) is 1.60. The Labute approximate surface area is 145 Å². The molecule has 25 heavy (non-hydrogen) atoms. The van der Waals surface area contributed by atoms with E-state index in [1.54, 1.807) is 12.3 Å². The Morgan fingerprint density at radius 3 is 2.32 bits per heavy atom. The van der Waals surface area contributed by atoms with Crippen molar-refractivity contribution in [3.63, 3.8) is 0 Å². The summed E-state index contributed by atoms with van der Waals surface area (Å²) in [6, 6.07) is 3.68. The van der Waals surface area contributed by atoms with Crippen molar-refractivity contribution in [2.45, 2.75) is 18.2 Å². The van der Waals surface area contributed by atoms with Crippen molar-refractivity contribution < 1.29 is 35.9 Å². The Morgan fingerprint density at radius 2 is 1.80 bits per heavy atom. The van der Waals surface area contributed by atoms with Crippen LogP contribution in [0.4, 0.5) is 18.9 Å². The van der Waals surface area contributed by atoms with Crippen LogP contribution in [0.15, 0.2) is 34.5 Å². The zero-order chi connectivity index (χ0) is 18.8. The van der Waals surface area contributed by atoms with Gasteiger partial charge in [0.05, 0.1) is 17.7 Å². The number of anilines is 1. The van der Waals surface area contributed by atoms with Crippen LogP contribution in [-0.4, -0.2) is 27.9 Å². The maximum Gasteiger partial charge on any atom is 0.573 e. The van der Waals surface area contributed by atoms with Gasteiger partial charge >= 0.3 is 12.3 Å². The quantitative estimate of drug-likeness (QED) is 0.783. The highest BCUT2D eigenvalue weighted by Gasteiger charge is 2.31.